The first-order valence-corrected chi connectivity index (χ1v) is 5.28. The molecule has 5 nitrogen and oxygen atoms in total. The van der Waals surface area contributed by atoms with E-state index in [2.05, 4.69) is 15.6 Å². The van der Waals surface area contributed by atoms with Gasteiger partial charge in [0.15, 0.2) is 0 Å². The smallest absolute Gasteiger partial charge is 0.260 e. The van der Waals surface area contributed by atoms with Crippen LogP contribution in [0.2, 0.25) is 0 Å². The fourth-order valence-corrected chi connectivity index (χ4v) is 1.31. The lowest BCUT2D eigenvalue weighted by Gasteiger charge is -2.04. The number of carbonyl (C=O) groups is 1. The summed E-state index contributed by atoms with van der Waals surface area (Å²) in [4.78, 5) is 25.6. The zero-order chi connectivity index (χ0) is 12.0. The van der Waals surface area contributed by atoms with E-state index in [4.69, 9.17) is 0 Å². The van der Waals surface area contributed by atoms with Crippen LogP contribution >= 0.6 is 0 Å². The van der Waals surface area contributed by atoms with E-state index < -0.39 is 0 Å². The molecule has 0 aliphatic heterocycles. The maximum Gasteiger partial charge on any atom is 0.260 e. The number of amides is 1. The van der Waals surface area contributed by atoms with Gasteiger partial charge in [-0.25, -0.2) is 0 Å². The van der Waals surface area contributed by atoms with Gasteiger partial charge in [-0.05, 0) is 39.1 Å². The predicted molar refractivity (Wildman–Crippen MR) is 62.7 cm³/mol. The first kappa shape index (κ1) is 12.4. The Balaban J connectivity index is 2.56. The summed E-state index contributed by atoms with van der Waals surface area (Å²) in [7, 11) is 1.85. The molecule has 1 aromatic heterocycles. The van der Waals surface area contributed by atoms with Gasteiger partial charge in [0.1, 0.15) is 5.56 Å². The van der Waals surface area contributed by atoms with Gasteiger partial charge in [0.2, 0.25) is 0 Å². The Kier molecular flexibility index (Phi) is 4.72. The standard InChI is InChI=1S/C11H17N3O2/c1-8-4-5-9(11(16)14-8)10(15)13-7-3-6-12-2/h4-5,12H,3,6-7H2,1-2H3,(H,13,15)(H,14,16). The van der Waals surface area contributed by atoms with Crippen molar-refractivity contribution in [2.24, 2.45) is 0 Å². The minimum atomic E-state index is -0.342. The number of rotatable bonds is 5. The molecule has 0 saturated heterocycles. The number of hydrogen-bond donors (Lipinski definition) is 3. The van der Waals surface area contributed by atoms with Crippen LogP contribution in [0.4, 0.5) is 0 Å². The lowest BCUT2D eigenvalue weighted by Crippen LogP contribution is -2.31. The summed E-state index contributed by atoms with van der Waals surface area (Å²) < 4.78 is 0. The van der Waals surface area contributed by atoms with Crippen LogP contribution in [0.15, 0.2) is 16.9 Å². The molecule has 0 aliphatic rings. The van der Waals surface area contributed by atoms with Gasteiger partial charge in [0.25, 0.3) is 11.5 Å². The van der Waals surface area contributed by atoms with Crippen LogP contribution in [-0.2, 0) is 0 Å². The molecule has 0 bridgehead atoms. The fraction of sp³-hybridized carbons (Fsp3) is 0.455. The average Bonchev–Trinajstić information content (AvgIpc) is 2.24. The minimum Gasteiger partial charge on any atom is -0.352 e. The van der Waals surface area contributed by atoms with Crippen molar-refractivity contribution in [2.75, 3.05) is 20.1 Å². The lowest BCUT2D eigenvalue weighted by molar-refractivity contribution is 0.0952. The van der Waals surface area contributed by atoms with Crippen molar-refractivity contribution in [3.05, 3.63) is 33.7 Å². The monoisotopic (exact) mass is 223 g/mol. The molecule has 1 amide bonds. The summed E-state index contributed by atoms with van der Waals surface area (Å²) >= 11 is 0. The minimum absolute atomic E-state index is 0.162. The molecule has 0 unspecified atom stereocenters. The predicted octanol–water partition coefficient (Wildman–Crippen LogP) is 0.0226. The van der Waals surface area contributed by atoms with Gasteiger partial charge in [-0.1, -0.05) is 0 Å². The van der Waals surface area contributed by atoms with Gasteiger partial charge in [-0.3, -0.25) is 9.59 Å². The summed E-state index contributed by atoms with van der Waals surface area (Å²) in [6, 6.07) is 3.26. The van der Waals surface area contributed by atoms with Crippen LogP contribution in [0.1, 0.15) is 22.5 Å². The molecular weight excluding hydrogens is 206 g/mol. The zero-order valence-corrected chi connectivity index (χ0v) is 9.59. The van der Waals surface area contributed by atoms with Crippen LogP contribution in [-0.4, -0.2) is 31.0 Å². The first-order chi connectivity index (χ1) is 7.65. The maximum absolute atomic E-state index is 11.6. The molecule has 0 spiro atoms. The molecule has 0 fully saturated rings. The van der Waals surface area contributed by atoms with Crippen LogP contribution < -0.4 is 16.2 Å². The summed E-state index contributed by atoms with van der Waals surface area (Å²) in [6.07, 6.45) is 0.839. The van der Waals surface area contributed by atoms with E-state index >= 15 is 0 Å². The van der Waals surface area contributed by atoms with E-state index in [0.29, 0.717) is 6.54 Å². The van der Waals surface area contributed by atoms with Crippen molar-refractivity contribution in [2.45, 2.75) is 13.3 Å². The van der Waals surface area contributed by atoms with Crippen molar-refractivity contribution in [3.8, 4) is 0 Å². The van der Waals surface area contributed by atoms with E-state index in [0.717, 1.165) is 18.7 Å². The molecule has 88 valence electrons. The van der Waals surface area contributed by atoms with Crippen molar-refractivity contribution in [3.63, 3.8) is 0 Å². The normalized spacial score (nSPS) is 10.1. The molecular formula is C11H17N3O2. The average molecular weight is 223 g/mol. The third kappa shape index (κ3) is 3.51. The highest BCUT2D eigenvalue weighted by Crippen LogP contribution is 1.93. The van der Waals surface area contributed by atoms with Gasteiger partial charge in [-0.2, -0.15) is 0 Å². The molecule has 0 aromatic carbocycles. The molecule has 5 heteroatoms. The SMILES string of the molecule is CNCCCNC(=O)c1ccc(C)[nH]c1=O. The van der Waals surface area contributed by atoms with Crippen LogP contribution in [0.3, 0.4) is 0 Å². The second-order valence-electron chi connectivity index (χ2n) is 3.60. The third-order valence-corrected chi connectivity index (χ3v) is 2.19. The molecule has 1 rings (SSSR count). The molecule has 0 radical (unpaired) electrons. The molecule has 0 saturated carbocycles. The summed E-state index contributed by atoms with van der Waals surface area (Å²) in [5.41, 5.74) is 0.568. The number of hydrogen-bond acceptors (Lipinski definition) is 3. The number of aromatic amines is 1. The van der Waals surface area contributed by atoms with Crippen molar-refractivity contribution < 1.29 is 4.79 Å². The zero-order valence-electron chi connectivity index (χ0n) is 9.59. The highest BCUT2D eigenvalue weighted by molar-refractivity contribution is 5.93. The Morgan fingerprint density at radius 2 is 2.12 bits per heavy atom. The van der Waals surface area contributed by atoms with Gasteiger partial charge in [0, 0.05) is 12.2 Å². The Morgan fingerprint density at radius 3 is 2.75 bits per heavy atom. The van der Waals surface area contributed by atoms with Crippen LogP contribution in [0.5, 0.6) is 0 Å². The van der Waals surface area contributed by atoms with Gasteiger partial charge >= 0.3 is 0 Å². The van der Waals surface area contributed by atoms with Crippen molar-refractivity contribution in [1.29, 1.82) is 0 Å². The lowest BCUT2D eigenvalue weighted by atomic mass is 10.2. The topological polar surface area (TPSA) is 74.0 Å². The molecule has 1 aromatic rings. The van der Waals surface area contributed by atoms with E-state index in [-0.39, 0.29) is 17.0 Å². The number of aromatic nitrogens is 1. The summed E-state index contributed by atoms with van der Waals surface area (Å²) in [5, 5.41) is 5.68. The largest absolute Gasteiger partial charge is 0.352 e. The number of carbonyl (C=O) groups excluding carboxylic acids is 1. The van der Waals surface area contributed by atoms with E-state index in [1.54, 1.807) is 19.1 Å². The Hall–Kier alpha value is -1.62. The van der Waals surface area contributed by atoms with Crippen LogP contribution in [0.25, 0.3) is 0 Å². The third-order valence-electron chi connectivity index (χ3n) is 2.19. The molecule has 1 heterocycles. The van der Waals surface area contributed by atoms with E-state index in [1.165, 1.54) is 0 Å². The second kappa shape index (κ2) is 6.07. The van der Waals surface area contributed by atoms with Crippen molar-refractivity contribution >= 4 is 5.91 Å². The van der Waals surface area contributed by atoms with Gasteiger partial charge in [0.05, 0.1) is 0 Å². The Bertz CT molecular complexity index is 412. The highest BCUT2D eigenvalue weighted by atomic mass is 16.2. The molecule has 16 heavy (non-hydrogen) atoms. The van der Waals surface area contributed by atoms with Gasteiger partial charge in [-0.15, -0.1) is 0 Å². The molecule has 0 aliphatic carbocycles. The number of aryl methyl sites for hydroxylation is 1. The molecule has 0 atom stereocenters. The Labute approximate surface area is 94.3 Å². The van der Waals surface area contributed by atoms with E-state index in [9.17, 15) is 9.59 Å². The number of pyridine rings is 1. The summed E-state index contributed by atoms with van der Waals surface area (Å²) in [5.74, 6) is -0.322. The summed E-state index contributed by atoms with van der Waals surface area (Å²) in [6.45, 7) is 3.17. The number of nitrogens with one attached hydrogen (secondary N) is 3. The number of H-pyrrole nitrogens is 1. The molecule has 3 N–H and O–H groups in total. The van der Waals surface area contributed by atoms with Crippen molar-refractivity contribution in [1.82, 2.24) is 15.6 Å². The Morgan fingerprint density at radius 1 is 1.38 bits per heavy atom. The fourth-order valence-electron chi connectivity index (χ4n) is 1.31. The highest BCUT2D eigenvalue weighted by Gasteiger charge is 2.08. The van der Waals surface area contributed by atoms with E-state index in [1.807, 2.05) is 7.05 Å². The maximum atomic E-state index is 11.6. The quantitative estimate of drug-likeness (QED) is 0.616. The second-order valence-corrected chi connectivity index (χ2v) is 3.60. The first-order valence-electron chi connectivity index (χ1n) is 5.28. The van der Waals surface area contributed by atoms with Crippen LogP contribution in [0, 0.1) is 6.92 Å². The van der Waals surface area contributed by atoms with Gasteiger partial charge < -0.3 is 15.6 Å².